The largest absolute Gasteiger partial charge is 0.254 e. The van der Waals surface area contributed by atoms with Gasteiger partial charge in [-0.15, -0.1) is 11.3 Å². The van der Waals surface area contributed by atoms with Crippen molar-refractivity contribution in [3.05, 3.63) is 63.5 Å². The summed E-state index contributed by atoms with van der Waals surface area (Å²) in [4.78, 5) is 14.9. The number of thiophene rings is 1. The maximum atomic E-state index is 12.2. The Labute approximate surface area is 168 Å². The minimum absolute atomic E-state index is 0.0462. The summed E-state index contributed by atoms with van der Waals surface area (Å²) in [5, 5.41) is 9.67. The second-order valence-corrected chi connectivity index (χ2v) is 8.64. The lowest BCUT2D eigenvalue weighted by Crippen LogP contribution is -2.13. The van der Waals surface area contributed by atoms with Gasteiger partial charge in [0.25, 0.3) is 0 Å². The molecule has 7 nitrogen and oxygen atoms in total. The fourth-order valence-corrected chi connectivity index (χ4v) is 4.67. The SMILES string of the molecule is Clc1nccnc1Cl.N#CC(c1nccnc1Cl)S(=O)(=O)c1cccs1. The molecular formula is C14H8Cl3N5O2S2. The predicted octanol–water partition coefficient (Wildman–Crippen LogP) is 4.01. The van der Waals surface area contributed by atoms with Crippen LogP contribution in [0.5, 0.6) is 0 Å². The first-order valence-electron chi connectivity index (χ1n) is 6.63. The zero-order valence-corrected chi connectivity index (χ0v) is 16.5. The van der Waals surface area contributed by atoms with Gasteiger partial charge in [-0.05, 0) is 11.4 Å². The molecule has 1 atom stereocenters. The van der Waals surface area contributed by atoms with E-state index in [1.807, 2.05) is 0 Å². The quantitative estimate of drug-likeness (QED) is 0.595. The molecule has 1 unspecified atom stereocenters. The Morgan fingerprint density at radius 1 is 0.962 bits per heavy atom. The summed E-state index contributed by atoms with van der Waals surface area (Å²) >= 11 is 17.6. The summed E-state index contributed by atoms with van der Waals surface area (Å²) in [7, 11) is -3.81. The Morgan fingerprint density at radius 3 is 1.92 bits per heavy atom. The van der Waals surface area contributed by atoms with Crippen molar-refractivity contribution >= 4 is 56.0 Å². The smallest absolute Gasteiger partial charge is 0.209 e. The van der Waals surface area contributed by atoms with Crippen LogP contribution in [0.15, 0.2) is 46.5 Å². The number of hydrogen-bond acceptors (Lipinski definition) is 8. The molecule has 0 N–H and O–H groups in total. The highest BCUT2D eigenvalue weighted by Gasteiger charge is 2.33. The van der Waals surface area contributed by atoms with E-state index in [0.29, 0.717) is 0 Å². The van der Waals surface area contributed by atoms with Crippen LogP contribution in [0, 0.1) is 11.3 Å². The number of hydrogen-bond donors (Lipinski definition) is 0. The van der Waals surface area contributed by atoms with Crippen molar-refractivity contribution < 1.29 is 8.42 Å². The fourth-order valence-electron chi connectivity index (χ4n) is 1.63. The topological polar surface area (TPSA) is 109 Å². The standard InChI is InChI=1S/C10H6ClN3O2S2.C4H2Cl2N2/c11-10-9(13-3-4-14-10)7(6-12)18(15,16)8-2-1-5-17-8;5-3-4(6)8-2-1-7-3/h1-5,7H;1-2H. The molecule has 0 bridgehead atoms. The molecule has 0 aliphatic rings. The van der Waals surface area contributed by atoms with Crippen molar-refractivity contribution in [1.29, 1.82) is 5.26 Å². The zero-order chi connectivity index (χ0) is 19.2. The molecule has 3 rings (SSSR count). The van der Waals surface area contributed by atoms with E-state index in [1.54, 1.807) is 17.5 Å². The summed E-state index contributed by atoms with van der Waals surface area (Å²) in [6, 6.07) is 4.76. The van der Waals surface area contributed by atoms with Gasteiger partial charge in [0, 0.05) is 24.8 Å². The van der Waals surface area contributed by atoms with Crippen LogP contribution in [-0.4, -0.2) is 28.4 Å². The lowest BCUT2D eigenvalue weighted by molar-refractivity contribution is 0.592. The van der Waals surface area contributed by atoms with Crippen molar-refractivity contribution in [1.82, 2.24) is 19.9 Å². The Balaban J connectivity index is 0.000000254. The maximum absolute atomic E-state index is 12.2. The van der Waals surface area contributed by atoms with Crippen LogP contribution in [0.25, 0.3) is 0 Å². The summed E-state index contributed by atoms with van der Waals surface area (Å²) in [6.45, 7) is 0. The van der Waals surface area contributed by atoms with Gasteiger partial charge >= 0.3 is 0 Å². The predicted molar refractivity (Wildman–Crippen MR) is 99.0 cm³/mol. The lowest BCUT2D eigenvalue weighted by atomic mass is 10.3. The maximum Gasteiger partial charge on any atom is 0.209 e. The van der Waals surface area contributed by atoms with Crippen LogP contribution in [0.1, 0.15) is 10.9 Å². The number of rotatable bonds is 3. The molecule has 0 spiro atoms. The first-order chi connectivity index (χ1) is 12.4. The Morgan fingerprint density at radius 2 is 1.50 bits per heavy atom. The second-order valence-electron chi connectivity index (χ2n) is 4.36. The highest BCUT2D eigenvalue weighted by Crippen LogP contribution is 2.32. The molecule has 0 aromatic carbocycles. The van der Waals surface area contributed by atoms with E-state index in [9.17, 15) is 8.42 Å². The fraction of sp³-hybridized carbons (Fsp3) is 0.0714. The third-order valence-corrected chi connectivity index (χ3v) is 6.98. The van der Waals surface area contributed by atoms with Crippen LogP contribution in [0.2, 0.25) is 15.5 Å². The summed E-state index contributed by atoms with van der Waals surface area (Å²) in [5.74, 6) is 0. The van der Waals surface area contributed by atoms with E-state index in [2.05, 4.69) is 19.9 Å². The van der Waals surface area contributed by atoms with Crippen molar-refractivity contribution in [3.63, 3.8) is 0 Å². The molecule has 0 aliphatic carbocycles. The number of nitriles is 1. The van der Waals surface area contributed by atoms with E-state index >= 15 is 0 Å². The van der Waals surface area contributed by atoms with Crippen LogP contribution in [0.4, 0.5) is 0 Å². The highest BCUT2D eigenvalue weighted by molar-refractivity contribution is 7.93. The first-order valence-corrected chi connectivity index (χ1v) is 10.2. The summed E-state index contributed by atoms with van der Waals surface area (Å²) in [5.41, 5.74) is -0.0462. The monoisotopic (exact) mass is 447 g/mol. The highest BCUT2D eigenvalue weighted by atomic mass is 35.5. The van der Waals surface area contributed by atoms with E-state index < -0.39 is 15.1 Å². The Hall–Kier alpha value is -1.83. The minimum atomic E-state index is -3.81. The molecule has 0 radical (unpaired) electrons. The van der Waals surface area contributed by atoms with Gasteiger partial charge in [0.2, 0.25) is 9.84 Å². The van der Waals surface area contributed by atoms with Gasteiger partial charge in [0.05, 0.1) is 6.07 Å². The lowest BCUT2D eigenvalue weighted by Gasteiger charge is -2.09. The third-order valence-electron chi connectivity index (χ3n) is 2.74. The summed E-state index contributed by atoms with van der Waals surface area (Å²) in [6.07, 6.45) is 5.59. The average molecular weight is 449 g/mol. The van der Waals surface area contributed by atoms with E-state index in [0.717, 1.165) is 11.3 Å². The van der Waals surface area contributed by atoms with Crippen molar-refractivity contribution in [2.75, 3.05) is 0 Å². The van der Waals surface area contributed by atoms with Crippen LogP contribution >= 0.6 is 46.1 Å². The average Bonchev–Trinajstić information content (AvgIpc) is 3.16. The van der Waals surface area contributed by atoms with Gasteiger partial charge in [-0.25, -0.2) is 23.4 Å². The number of aromatic nitrogens is 4. The van der Waals surface area contributed by atoms with Gasteiger partial charge in [-0.1, -0.05) is 40.9 Å². The van der Waals surface area contributed by atoms with Gasteiger partial charge in [0.15, 0.2) is 20.7 Å². The van der Waals surface area contributed by atoms with Crippen molar-refractivity contribution in [2.24, 2.45) is 0 Å². The van der Waals surface area contributed by atoms with Gasteiger partial charge in [-0.2, -0.15) is 5.26 Å². The summed E-state index contributed by atoms with van der Waals surface area (Å²) < 4.78 is 24.6. The van der Waals surface area contributed by atoms with Gasteiger partial charge < -0.3 is 0 Å². The molecule has 0 fully saturated rings. The number of nitrogens with zero attached hydrogens (tertiary/aromatic N) is 5. The van der Waals surface area contributed by atoms with Gasteiger partial charge in [-0.3, -0.25) is 4.98 Å². The molecular weight excluding hydrogens is 441 g/mol. The second kappa shape index (κ2) is 9.21. The molecule has 0 amide bonds. The molecule has 0 saturated heterocycles. The molecule has 3 heterocycles. The minimum Gasteiger partial charge on any atom is -0.254 e. The molecule has 26 heavy (non-hydrogen) atoms. The molecule has 0 aliphatic heterocycles. The normalized spacial score (nSPS) is 11.8. The Bertz CT molecular complexity index is 1000. The first kappa shape index (κ1) is 20.5. The van der Waals surface area contributed by atoms with E-state index in [-0.39, 0.29) is 25.4 Å². The van der Waals surface area contributed by atoms with Crippen LogP contribution < -0.4 is 0 Å². The van der Waals surface area contributed by atoms with E-state index in [4.69, 9.17) is 40.1 Å². The zero-order valence-electron chi connectivity index (χ0n) is 12.6. The third kappa shape index (κ3) is 4.87. The molecule has 0 saturated carbocycles. The number of halogens is 3. The molecule has 134 valence electrons. The van der Waals surface area contributed by atoms with Crippen LogP contribution in [0.3, 0.4) is 0 Å². The van der Waals surface area contributed by atoms with Crippen LogP contribution in [-0.2, 0) is 9.84 Å². The van der Waals surface area contributed by atoms with Crippen molar-refractivity contribution in [3.8, 4) is 6.07 Å². The van der Waals surface area contributed by atoms with Gasteiger partial charge in [0.1, 0.15) is 9.90 Å². The van der Waals surface area contributed by atoms with Crippen molar-refractivity contribution in [2.45, 2.75) is 9.46 Å². The molecule has 3 aromatic rings. The Kier molecular flexibility index (Phi) is 7.25. The molecule has 12 heteroatoms. The van der Waals surface area contributed by atoms with E-state index in [1.165, 1.54) is 30.9 Å². The molecule has 3 aromatic heterocycles. The number of sulfone groups is 1.